The van der Waals surface area contributed by atoms with E-state index in [-0.39, 0.29) is 11.5 Å². The average molecular weight is 458 g/mol. The first-order valence-electron chi connectivity index (χ1n) is 9.92. The lowest BCUT2D eigenvalue weighted by molar-refractivity contribution is 0.102. The second-order valence-corrected chi connectivity index (χ2v) is 7.67. The first-order valence-corrected chi connectivity index (χ1v) is 10.3. The van der Waals surface area contributed by atoms with Crippen LogP contribution in [0.5, 0.6) is 0 Å². The van der Waals surface area contributed by atoms with Gasteiger partial charge in [0.25, 0.3) is 11.5 Å². The maximum atomic E-state index is 12.8. The average Bonchev–Trinajstić information content (AvgIpc) is 3.34. The predicted octanol–water partition coefficient (Wildman–Crippen LogP) is 3.78. The molecule has 162 valence electrons. The highest BCUT2D eigenvalue weighted by molar-refractivity contribution is 6.32. The molecular formula is C23H16ClN7O2. The molecule has 5 rings (SSSR count). The van der Waals surface area contributed by atoms with Crippen LogP contribution in [0.15, 0.2) is 72.2 Å². The van der Waals surface area contributed by atoms with Gasteiger partial charge in [0.15, 0.2) is 5.82 Å². The summed E-state index contributed by atoms with van der Waals surface area (Å²) in [6.45, 7) is 1.87. The molecule has 0 saturated heterocycles. The van der Waals surface area contributed by atoms with Crippen molar-refractivity contribution in [3.05, 3.63) is 93.9 Å². The van der Waals surface area contributed by atoms with E-state index in [0.717, 1.165) is 16.5 Å². The Hall–Kier alpha value is -4.37. The number of rotatable bonds is 4. The van der Waals surface area contributed by atoms with Crippen LogP contribution in [0, 0.1) is 6.92 Å². The lowest BCUT2D eigenvalue weighted by Crippen LogP contribution is -2.13. The van der Waals surface area contributed by atoms with E-state index in [2.05, 4.69) is 30.5 Å². The number of carbonyl (C=O) groups is 1. The van der Waals surface area contributed by atoms with Gasteiger partial charge in [0.1, 0.15) is 0 Å². The Labute approximate surface area is 192 Å². The Morgan fingerprint density at radius 1 is 1.06 bits per heavy atom. The van der Waals surface area contributed by atoms with Crippen LogP contribution in [0.3, 0.4) is 0 Å². The Morgan fingerprint density at radius 3 is 2.64 bits per heavy atom. The van der Waals surface area contributed by atoms with Crippen molar-refractivity contribution in [3.8, 4) is 17.1 Å². The Balaban J connectivity index is 1.42. The number of pyridine rings is 3. The summed E-state index contributed by atoms with van der Waals surface area (Å²) in [5.41, 5.74) is 2.96. The molecule has 0 aliphatic carbocycles. The smallest absolute Gasteiger partial charge is 0.257 e. The van der Waals surface area contributed by atoms with Crippen molar-refractivity contribution in [2.45, 2.75) is 6.92 Å². The van der Waals surface area contributed by atoms with E-state index in [1.54, 1.807) is 24.4 Å². The number of aryl methyl sites for hydroxylation is 1. The summed E-state index contributed by atoms with van der Waals surface area (Å²) >= 11 is 6.27. The van der Waals surface area contributed by atoms with Crippen molar-refractivity contribution in [2.75, 3.05) is 5.32 Å². The fraction of sp³-hybridized carbons (Fsp3) is 0.0435. The van der Waals surface area contributed by atoms with E-state index >= 15 is 0 Å². The molecule has 0 radical (unpaired) electrons. The van der Waals surface area contributed by atoms with Crippen LogP contribution in [0.4, 0.5) is 5.69 Å². The molecule has 10 heteroatoms. The van der Waals surface area contributed by atoms with Gasteiger partial charge in [-0.05, 0) is 42.1 Å². The summed E-state index contributed by atoms with van der Waals surface area (Å²) in [4.78, 5) is 37.6. The minimum absolute atomic E-state index is 0.162. The Morgan fingerprint density at radius 2 is 1.88 bits per heavy atom. The second kappa shape index (κ2) is 8.29. The first-order chi connectivity index (χ1) is 16.0. The normalized spacial score (nSPS) is 11.0. The maximum absolute atomic E-state index is 12.8. The molecule has 4 heterocycles. The summed E-state index contributed by atoms with van der Waals surface area (Å²) in [6, 6.07) is 10.6. The quantitative estimate of drug-likeness (QED) is 0.424. The summed E-state index contributed by atoms with van der Waals surface area (Å²) in [5.74, 6) is 0.00444. The minimum atomic E-state index is -0.352. The molecule has 0 saturated carbocycles. The fourth-order valence-electron chi connectivity index (χ4n) is 3.58. The van der Waals surface area contributed by atoms with Crippen LogP contribution in [0.25, 0.3) is 27.8 Å². The van der Waals surface area contributed by atoms with Crippen molar-refractivity contribution >= 4 is 34.0 Å². The van der Waals surface area contributed by atoms with Gasteiger partial charge in [-0.1, -0.05) is 23.7 Å². The van der Waals surface area contributed by atoms with Crippen LogP contribution in [-0.4, -0.2) is 35.9 Å². The van der Waals surface area contributed by atoms with E-state index in [1.807, 2.05) is 25.1 Å². The predicted molar refractivity (Wildman–Crippen MR) is 125 cm³/mol. The van der Waals surface area contributed by atoms with Gasteiger partial charge in [-0.2, -0.15) is 10.2 Å². The van der Waals surface area contributed by atoms with Crippen LogP contribution in [-0.2, 0) is 0 Å². The van der Waals surface area contributed by atoms with Gasteiger partial charge >= 0.3 is 0 Å². The molecule has 0 unspecified atom stereocenters. The molecule has 0 fully saturated rings. The third-order valence-electron chi connectivity index (χ3n) is 5.10. The number of benzene rings is 1. The van der Waals surface area contributed by atoms with Gasteiger partial charge in [-0.15, -0.1) is 4.80 Å². The molecular weight excluding hydrogens is 442 g/mol. The lowest BCUT2D eigenvalue weighted by atomic mass is 9.99. The zero-order valence-electron chi connectivity index (χ0n) is 17.3. The van der Waals surface area contributed by atoms with Gasteiger partial charge in [0, 0.05) is 23.3 Å². The number of hydrogen-bond donors (Lipinski definition) is 2. The van der Waals surface area contributed by atoms with Crippen molar-refractivity contribution in [1.82, 2.24) is 29.9 Å². The largest absolute Gasteiger partial charge is 0.329 e. The zero-order chi connectivity index (χ0) is 22.9. The Kier molecular flexibility index (Phi) is 5.15. The van der Waals surface area contributed by atoms with E-state index in [0.29, 0.717) is 33.2 Å². The minimum Gasteiger partial charge on any atom is -0.329 e. The first kappa shape index (κ1) is 20.5. The maximum Gasteiger partial charge on any atom is 0.257 e. The molecule has 4 aromatic heterocycles. The topological polar surface area (TPSA) is 118 Å². The van der Waals surface area contributed by atoms with Crippen LogP contribution < -0.4 is 10.9 Å². The number of amides is 1. The van der Waals surface area contributed by atoms with Crippen molar-refractivity contribution in [3.63, 3.8) is 0 Å². The summed E-state index contributed by atoms with van der Waals surface area (Å²) in [7, 11) is 0. The van der Waals surface area contributed by atoms with Gasteiger partial charge in [-0.25, -0.2) is 4.98 Å². The molecule has 0 aliphatic rings. The third kappa shape index (κ3) is 3.85. The molecule has 2 N–H and O–H groups in total. The van der Waals surface area contributed by atoms with Gasteiger partial charge in [-0.3, -0.25) is 14.6 Å². The highest BCUT2D eigenvalue weighted by Crippen LogP contribution is 2.28. The lowest BCUT2D eigenvalue weighted by Gasteiger charge is -2.11. The number of nitrogens with one attached hydrogen (secondary N) is 2. The number of H-pyrrole nitrogens is 1. The molecule has 0 spiro atoms. The molecule has 0 bridgehead atoms. The van der Waals surface area contributed by atoms with Crippen molar-refractivity contribution in [1.29, 1.82) is 0 Å². The van der Waals surface area contributed by atoms with Gasteiger partial charge in [0.2, 0.25) is 0 Å². The van der Waals surface area contributed by atoms with Gasteiger partial charge in [0.05, 0.1) is 40.6 Å². The van der Waals surface area contributed by atoms with Crippen LogP contribution in [0.1, 0.15) is 15.9 Å². The zero-order valence-corrected chi connectivity index (χ0v) is 18.0. The number of fused-ring (bicyclic) bond motifs is 1. The number of aromatic nitrogens is 6. The molecule has 1 aromatic carbocycles. The number of halogens is 1. The molecule has 5 aromatic rings. The summed E-state index contributed by atoms with van der Waals surface area (Å²) < 4.78 is 0. The van der Waals surface area contributed by atoms with E-state index in [4.69, 9.17) is 11.6 Å². The van der Waals surface area contributed by atoms with Crippen molar-refractivity contribution in [2.24, 2.45) is 0 Å². The molecule has 1 amide bonds. The highest BCUT2D eigenvalue weighted by Gasteiger charge is 2.14. The third-order valence-corrected chi connectivity index (χ3v) is 5.38. The molecule has 9 nitrogen and oxygen atoms in total. The van der Waals surface area contributed by atoms with E-state index in [9.17, 15) is 9.59 Å². The monoisotopic (exact) mass is 457 g/mol. The molecule has 33 heavy (non-hydrogen) atoms. The number of carbonyl (C=O) groups excluding carboxylic acids is 1. The second-order valence-electron chi connectivity index (χ2n) is 7.27. The van der Waals surface area contributed by atoms with Crippen molar-refractivity contribution < 1.29 is 4.79 Å². The molecule has 0 aliphatic heterocycles. The fourth-order valence-corrected chi connectivity index (χ4v) is 3.83. The van der Waals surface area contributed by atoms with E-state index in [1.165, 1.54) is 29.6 Å². The van der Waals surface area contributed by atoms with Gasteiger partial charge < -0.3 is 10.3 Å². The van der Waals surface area contributed by atoms with E-state index < -0.39 is 0 Å². The number of hydrogen-bond acceptors (Lipinski definition) is 6. The standard InChI is InChI=1S/C23H16ClN7O2/c1-13-9-14(11-26-20(13)17-3-2-4-18-16(17)5-6-25-23(18)33)22(32)30-15-10-19(24)21(27-12-15)31-28-7-8-29-31/h2-12H,1H3,(H,25,33)(H,30,32). The number of anilines is 1. The number of aromatic amines is 1. The van der Waals surface area contributed by atoms with Crippen LogP contribution >= 0.6 is 11.6 Å². The summed E-state index contributed by atoms with van der Waals surface area (Å²) in [5, 5.41) is 12.4. The number of nitrogens with zero attached hydrogens (tertiary/aromatic N) is 5. The Bertz CT molecular complexity index is 1560. The summed E-state index contributed by atoms with van der Waals surface area (Å²) in [6.07, 6.45) is 7.62. The SMILES string of the molecule is Cc1cc(C(=O)Nc2cnc(-n3nccn3)c(Cl)c2)cnc1-c1cccc2c(=O)[nH]ccc12. The molecule has 0 atom stereocenters. The van der Waals surface area contributed by atoms with Crippen LogP contribution in [0.2, 0.25) is 5.02 Å². The highest BCUT2D eigenvalue weighted by atomic mass is 35.5.